The molecule has 0 aliphatic rings. The Balaban J connectivity index is 2.70. The largest absolute Gasteiger partial charge is 0.496 e. The first-order valence-electron chi connectivity index (χ1n) is 5.98. The van der Waals surface area contributed by atoms with Crippen molar-refractivity contribution in [3.63, 3.8) is 0 Å². The Morgan fingerprint density at radius 1 is 1.25 bits per heavy atom. The van der Waals surface area contributed by atoms with Crippen LogP contribution in [0.1, 0.15) is 16.1 Å². The van der Waals surface area contributed by atoms with Crippen LogP contribution in [0.15, 0.2) is 18.2 Å². The van der Waals surface area contributed by atoms with Gasteiger partial charge in [-0.2, -0.15) is 5.10 Å². The van der Waals surface area contributed by atoms with E-state index in [0.29, 0.717) is 17.2 Å². The lowest BCUT2D eigenvalue weighted by molar-refractivity contribution is 0.0689. The Bertz CT molecular complexity index is 661. The second-order valence-electron chi connectivity index (χ2n) is 4.31. The molecule has 0 amide bonds. The molecule has 106 valence electrons. The normalized spacial score (nSPS) is 10.4. The Labute approximate surface area is 116 Å². The number of hydrogen-bond donors (Lipinski definition) is 1. The zero-order chi connectivity index (χ0) is 14.9. The SMILES string of the molecule is COc1ccc(OC)c(-c2cc(C(=O)O)nn2C)c1C. The van der Waals surface area contributed by atoms with Gasteiger partial charge in [-0.3, -0.25) is 4.68 Å². The highest BCUT2D eigenvalue weighted by Gasteiger charge is 2.19. The molecule has 1 heterocycles. The molecule has 6 nitrogen and oxygen atoms in total. The van der Waals surface area contributed by atoms with Gasteiger partial charge in [-0.15, -0.1) is 0 Å². The van der Waals surface area contributed by atoms with Crippen LogP contribution in [0.2, 0.25) is 0 Å². The van der Waals surface area contributed by atoms with Gasteiger partial charge >= 0.3 is 5.97 Å². The highest BCUT2D eigenvalue weighted by atomic mass is 16.5. The minimum Gasteiger partial charge on any atom is -0.496 e. The van der Waals surface area contributed by atoms with E-state index in [2.05, 4.69) is 5.10 Å². The van der Waals surface area contributed by atoms with Crippen molar-refractivity contribution in [1.29, 1.82) is 0 Å². The zero-order valence-corrected chi connectivity index (χ0v) is 11.8. The van der Waals surface area contributed by atoms with Gasteiger partial charge in [0.1, 0.15) is 11.5 Å². The van der Waals surface area contributed by atoms with Crippen LogP contribution >= 0.6 is 0 Å². The van der Waals surface area contributed by atoms with Crippen LogP contribution in [0.3, 0.4) is 0 Å². The third-order valence-corrected chi connectivity index (χ3v) is 3.17. The highest BCUT2D eigenvalue weighted by Crippen LogP contribution is 2.37. The summed E-state index contributed by atoms with van der Waals surface area (Å²) >= 11 is 0. The minimum atomic E-state index is -1.06. The first kappa shape index (κ1) is 13.9. The maximum Gasteiger partial charge on any atom is 0.356 e. The van der Waals surface area contributed by atoms with Crippen molar-refractivity contribution in [2.45, 2.75) is 6.92 Å². The van der Waals surface area contributed by atoms with Gasteiger partial charge in [-0.25, -0.2) is 4.79 Å². The van der Waals surface area contributed by atoms with Crippen LogP contribution in [0.25, 0.3) is 11.3 Å². The average molecular weight is 276 g/mol. The number of carboxylic acids is 1. The first-order chi connectivity index (χ1) is 9.49. The molecule has 1 aromatic heterocycles. The van der Waals surface area contributed by atoms with Crippen LogP contribution in [-0.2, 0) is 7.05 Å². The number of nitrogens with zero attached hydrogens (tertiary/aromatic N) is 2. The number of rotatable bonds is 4. The van der Waals surface area contributed by atoms with E-state index in [1.165, 1.54) is 10.7 Å². The number of ether oxygens (including phenoxy) is 2. The van der Waals surface area contributed by atoms with E-state index in [9.17, 15) is 4.79 Å². The van der Waals surface area contributed by atoms with E-state index in [1.54, 1.807) is 27.3 Å². The Hall–Kier alpha value is -2.50. The summed E-state index contributed by atoms with van der Waals surface area (Å²) in [7, 11) is 4.85. The predicted molar refractivity (Wildman–Crippen MR) is 73.4 cm³/mol. The Kier molecular flexibility index (Phi) is 3.65. The molecule has 6 heteroatoms. The summed E-state index contributed by atoms with van der Waals surface area (Å²) in [5, 5.41) is 13.0. The van der Waals surface area contributed by atoms with Crippen LogP contribution in [0.4, 0.5) is 0 Å². The van der Waals surface area contributed by atoms with Crippen molar-refractivity contribution in [1.82, 2.24) is 9.78 Å². The molecule has 1 N–H and O–H groups in total. The Morgan fingerprint density at radius 3 is 2.35 bits per heavy atom. The topological polar surface area (TPSA) is 73.6 Å². The first-order valence-corrected chi connectivity index (χ1v) is 5.98. The molecule has 0 bridgehead atoms. The molecule has 20 heavy (non-hydrogen) atoms. The third-order valence-electron chi connectivity index (χ3n) is 3.17. The van der Waals surface area contributed by atoms with Crippen LogP contribution < -0.4 is 9.47 Å². The van der Waals surface area contributed by atoms with E-state index in [0.717, 1.165) is 11.1 Å². The molecule has 0 aliphatic heterocycles. The van der Waals surface area contributed by atoms with E-state index in [1.807, 2.05) is 13.0 Å². The third kappa shape index (κ3) is 2.20. The molecule has 0 saturated carbocycles. The number of carbonyl (C=O) groups is 1. The van der Waals surface area contributed by atoms with Gasteiger partial charge in [0.05, 0.1) is 19.9 Å². The van der Waals surface area contributed by atoms with E-state index in [-0.39, 0.29) is 5.69 Å². The van der Waals surface area contributed by atoms with Gasteiger partial charge < -0.3 is 14.6 Å². The maximum absolute atomic E-state index is 11.0. The predicted octanol–water partition coefficient (Wildman–Crippen LogP) is 2.11. The Morgan fingerprint density at radius 2 is 1.85 bits per heavy atom. The van der Waals surface area contributed by atoms with Crippen molar-refractivity contribution in [3.8, 4) is 22.8 Å². The number of aromatic nitrogens is 2. The monoisotopic (exact) mass is 276 g/mol. The average Bonchev–Trinajstić information content (AvgIpc) is 2.80. The summed E-state index contributed by atoms with van der Waals surface area (Å²) in [6.45, 7) is 1.89. The van der Waals surface area contributed by atoms with E-state index in [4.69, 9.17) is 14.6 Å². The lowest BCUT2D eigenvalue weighted by Gasteiger charge is -2.14. The molecule has 1 aromatic carbocycles. The number of benzene rings is 1. The summed E-state index contributed by atoms with van der Waals surface area (Å²) in [6.07, 6.45) is 0. The van der Waals surface area contributed by atoms with Gasteiger partial charge in [0.2, 0.25) is 0 Å². The lowest BCUT2D eigenvalue weighted by Crippen LogP contribution is -2.01. The fraction of sp³-hybridized carbons (Fsp3) is 0.286. The highest BCUT2D eigenvalue weighted by molar-refractivity contribution is 5.88. The summed E-state index contributed by atoms with van der Waals surface area (Å²) in [5.41, 5.74) is 2.29. The number of aromatic carboxylic acids is 1. The summed E-state index contributed by atoms with van der Waals surface area (Å²) in [6, 6.07) is 5.12. The van der Waals surface area contributed by atoms with Gasteiger partial charge in [-0.1, -0.05) is 0 Å². The molecule has 0 spiro atoms. The summed E-state index contributed by atoms with van der Waals surface area (Å²) < 4.78 is 12.2. The quantitative estimate of drug-likeness (QED) is 0.925. The zero-order valence-electron chi connectivity index (χ0n) is 11.8. The van der Waals surface area contributed by atoms with Crippen LogP contribution in [-0.4, -0.2) is 35.1 Å². The van der Waals surface area contributed by atoms with Gasteiger partial charge in [0, 0.05) is 18.2 Å². The number of hydrogen-bond acceptors (Lipinski definition) is 4. The van der Waals surface area contributed by atoms with Crippen molar-refractivity contribution >= 4 is 5.97 Å². The standard InChI is InChI=1S/C14H16N2O4/c1-8-11(19-3)5-6-12(20-4)13(8)10-7-9(14(17)18)15-16(10)2/h5-7H,1-4H3,(H,17,18). The fourth-order valence-electron chi connectivity index (χ4n) is 2.18. The van der Waals surface area contributed by atoms with Crippen molar-refractivity contribution in [2.24, 2.45) is 7.05 Å². The molecule has 0 radical (unpaired) electrons. The van der Waals surface area contributed by atoms with Crippen LogP contribution in [0, 0.1) is 6.92 Å². The molecule has 0 saturated heterocycles. The van der Waals surface area contributed by atoms with Crippen molar-refractivity contribution in [2.75, 3.05) is 14.2 Å². The molecular formula is C14H16N2O4. The molecule has 0 aliphatic carbocycles. The smallest absolute Gasteiger partial charge is 0.356 e. The fourth-order valence-corrected chi connectivity index (χ4v) is 2.18. The van der Waals surface area contributed by atoms with E-state index >= 15 is 0 Å². The lowest BCUT2D eigenvalue weighted by atomic mass is 10.0. The van der Waals surface area contributed by atoms with Gasteiger partial charge in [0.15, 0.2) is 5.69 Å². The van der Waals surface area contributed by atoms with Gasteiger partial charge in [-0.05, 0) is 25.1 Å². The molecule has 0 fully saturated rings. The minimum absolute atomic E-state index is 0.00762. The summed E-state index contributed by atoms with van der Waals surface area (Å²) in [4.78, 5) is 11.0. The molecule has 0 atom stereocenters. The van der Waals surface area contributed by atoms with E-state index < -0.39 is 5.97 Å². The molecule has 0 unspecified atom stereocenters. The molecule has 2 aromatic rings. The maximum atomic E-state index is 11.0. The summed E-state index contributed by atoms with van der Waals surface area (Å²) in [5.74, 6) is 0.286. The second kappa shape index (κ2) is 5.24. The molecule has 2 rings (SSSR count). The molecular weight excluding hydrogens is 260 g/mol. The van der Waals surface area contributed by atoms with Crippen molar-refractivity contribution < 1.29 is 19.4 Å². The van der Waals surface area contributed by atoms with Gasteiger partial charge in [0.25, 0.3) is 0 Å². The van der Waals surface area contributed by atoms with Crippen LogP contribution in [0.5, 0.6) is 11.5 Å². The number of methoxy groups -OCH3 is 2. The second-order valence-corrected chi connectivity index (χ2v) is 4.31. The number of carboxylic acid groups (broad SMARTS) is 1. The number of aryl methyl sites for hydroxylation is 1. The van der Waals surface area contributed by atoms with Crippen molar-refractivity contribution in [3.05, 3.63) is 29.5 Å².